The molecule has 1 heterocycles. The second-order valence-corrected chi connectivity index (χ2v) is 5.71. The zero-order chi connectivity index (χ0) is 21.3. The average Bonchev–Trinajstić information content (AvgIpc) is 3.08. The summed E-state index contributed by atoms with van der Waals surface area (Å²) in [6.45, 7) is 1.10. The fraction of sp³-hybridized carbons (Fsp3) is 0.111. The van der Waals surface area contributed by atoms with Crippen LogP contribution in [0.1, 0.15) is 21.8 Å². The van der Waals surface area contributed by atoms with Gasteiger partial charge in [0.1, 0.15) is 29.6 Å². The van der Waals surface area contributed by atoms with E-state index in [4.69, 9.17) is 9.26 Å². The van der Waals surface area contributed by atoms with Gasteiger partial charge in [-0.15, -0.1) is 0 Å². The number of benzene rings is 2. The summed E-state index contributed by atoms with van der Waals surface area (Å²) in [6.07, 6.45) is 0. The number of nitrogens with zero attached hydrogens (tertiary/aromatic N) is 1. The van der Waals surface area contributed by atoms with Crippen molar-refractivity contribution in [2.24, 2.45) is 0 Å². The number of carbonyl (C=O) groups is 1. The Bertz CT molecular complexity index is 1050. The van der Waals surface area contributed by atoms with Crippen molar-refractivity contribution < 1.29 is 40.4 Å². The number of aromatic nitrogens is 1. The first-order valence-electron chi connectivity index (χ1n) is 7.87. The summed E-state index contributed by atoms with van der Waals surface area (Å²) in [4.78, 5) is 12.3. The summed E-state index contributed by atoms with van der Waals surface area (Å²) in [6, 6.07) is 4.89. The Labute approximate surface area is 158 Å². The van der Waals surface area contributed by atoms with E-state index in [9.17, 15) is 31.1 Å². The minimum atomic E-state index is -2.36. The number of ether oxygens (including phenoxy) is 1. The third-order valence-electron chi connectivity index (χ3n) is 3.84. The van der Waals surface area contributed by atoms with Gasteiger partial charge in [-0.05, 0) is 31.2 Å². The van der Waals surface area contributed by atoms with Crippen molar-refractivity contribution in [1.29, 1.82) is 0 Å². The molecule has 29 heavy (non-hydrogen) atoms. The highest BCUT2D eigenvalue weighted by molar-refractivity contribution is 6.04. The Balaban J connectivity index is 1.85. The van der Waals surface area contributed by atoms with Crippen LogP contribution < -0.4 is 10.1 Å². The largest absolute Gasteiger partial charge is 0.489 e. The number of rotatable bonds is 5. The molecule has 0 unspecified atom stereocenters. The van der Waals surface area contributed by atoms with Gasteiger partial charge >= 0.3 is 0 Å². The lowest BCUT2D eigenvalue weighted by Gasteiger charge is -2.10. The van der Waals surface area contributed by atoms with Crippen molar-refractivity contribution in [3.8, 4) is 5.75 Å². The highest BCUT2D eigenvalue weighted by Crippen LogP contribution is 2.28. The minimum Gasteiger partial charge on any atom is -0.489 e. The number of nitrogens with one attached hydrogen (secondary N) is 1. The first-order valence-corrected chi connectivity index (χ1v) is 7.87. The van der Waals surface area contributed by atoms with Crippen LogP contribution in [-0.4, -0.2) is 11.1 Å². The highest BCUT2D eigenvalue weighted by atomic mass is 19.2. The number of carbonyl (C=O) groups excluding carboxylic acids is 1. The Kier molecular flexibility index (Phi) is 5.48. The van der Waals surface area contributed by atoms with Gasteiger partial charge in [0.2, 0.25) is 5.82 Å². The second kappa shape index (κ2) is 7.86. The van der Waals surface area contributed by atoms with Crippen molar-refractivity contribution in [3.05, 3.63) is 76.2 Å². The molecule has 0 spiro atoms. The molecule has 0 atom stereocenters. The maximum atomic E-state index is 13.8. The van der Waals surface area contributed by atoms with Gasteiger partial charge in [-0.25, -0.2) is 26.3 Å². The molecule has 1 N–H and O–H groups in total. The van der Waals surface area contributed by atoms with Crippen LogP contribution in [0.4, 0.5) is 32.0 Å². The molecule has 2 aromatic carbocycles. The predicted molar refractivity (Wildman–Crippen MR) is 86.2 cm³/mol. The Morgan fingerprint density at radius 1 is 0.966 bits per heavy atom. The van der Waals surface area contributed by atoms with Gasteiger partial charge in [-0.3, -0.25) is 4.79 Å². The topological polar surface area (TPSA) is 64.4 Å². The van der Waals surface area contributed by atoms with E-state index in [2.05, 4.69) is 5.16 Å². The maximum absolute atomic E-state index is 13.8. The predicted octanol–water partition coefficient (Wildman–Crippen LogP) is 4.65. The highest BCUT2D eigenvalue weighted by Gasteiger charge is 2.29. The van der Waals surface area contributed by atoms with E-state index >= 15 is 0 Å². The molecule has 0 radical (unpaired) electrons. The molecule has 3 rings (SSSR count). The summed E-state index contributed by atoms with van der Waals surface area (Å²) in [5.74, 6) is -12.6. The molecule has 0 saturated heterocycles. The molecular formula is C18H10F6N2O3. The van der Waals surface area contributed by atoms with Crippen LogP contribution in [0, 0.1) is 41.8 Å². The standard InChI is InChI=1S/C18H10F6N2O3/c1-7-10(6-28-9-4-2-8(19)3-5-9)16(26-29-7)18(27)25-17-14(23)12(21)11(20)13(22)15(17)24/h2-5H,6H2,1H3,(H,25,27). The van der Waals surface area contributed by atoms with Gasteiger partial charge in [0, 0.05) is 0 Å². The fourth-order valence-corrected chi connectivity index (χ4v) is 2.31. The first-order chi connectivity index (χ1) is 13.7. The molecule has 0 aliphatic rings. The molecule has 3 aromatic rings. The monoisotopic (exact) mass is 416 g/mol. The Morgan fingerprint density at radius 3 is 2.10 bits per heavy atom. The third kappa shape index (κ3) is 3.89. The Hall–Kier alpha value is -3.50. The molecule has 1 aromatic heterocycles. The number of aryl methyl sites for hydroxylation is 1. The van der Waals surface area contributed by atoms with Crippen LogP contribution in [0.5, 0.6) is 5.75 Å². The molecule has 5 nitrogen and oxygen atoms in total. The molecular weight excluding hydrogens is 406 g/mol. The third-order valence-corrected chi connectivity index (χ3v) is 3.84. The summed E-state index contributed by atoms with van der Waals surface area (Å²) in [5.41, 5.74) is -1.97. The van der Waals surface area contributed by atoms with E-state index in [1.807, 2.05) is 0 Å². The molecule has 0 saturated carbocycles. The van der Waals surface area contributed by atoms with Crippen LogP contribution in [-0.2, 0) is 6.61 Å². The number of halogens is 6. The van der Waals surface area contributed by atoms with E-state index in [1.165, 1.54) is 19.1 Å². The quantitative estimate of drug-likeness (QED) is 0.374. The van der Waals surface area contributed by atoms with Gasteiger partial charge in [0.25, 0.3) is 5.91 Å². The SMILES string of the molecule is Cc1onc(C(=O)Nc2c(F)c(F)c(F)c(F)c2F)c1COc1ccc(F)cc1. The molecule has 0 aliphatic carbocycles. The Morgan fingerprint density at radius 2 is 1.52 bits per heavy atom. The molecule has 152 valence electrons. The average molecular weight is 416 g/mol. The molecule has 0 fully saturated rings. The number of anilines is 1. The lowest BCUT2D eigenvalue weighted by molar-refractivity contribution is 0.101. The first kappa shape index (κ1) is 20.2. The van der Waals surface area contributed by atoms with Crippen LogP contribution in [0.25, 0.3) is 0 Å². The van der Waals surface area contributed by atoms with Gasteiger partial charge in [-0.2, -0.15) is 0 Å². The lowest BCUT2D eigenvalue weighted by Crippen LogP contribution is -2.19. The van der Waals surface area contributed by atoms with E-state index in [0.717, 1.165) is 12.1 Å². The van der Waals surface area contributed by atoms with E-state index < -0.39 is 52.2 Å². The zero-order valence-electron chi connectivity index (χ0n) is 14.5. The molecule has 0 aliphatic heterocycles. The van der Waals surface area contributed by atoms with Crippen LogP contribution in [0.15, 0.2) is 28.8 Å². The summed E-state index contributed by atoms with van der Waals surface area (Å²) in [5, 5.41) is 5.03. The summed E-state index contributed by atoms with van der Waals surface area (Å²) >= 11 is 0. The molecule has 0 bridgehead atoms. The van der Waals surface area contributed by atoms with Gasteiger partial charge in [0.15, 0.2) is 29.0 Å². The van der Waals surface area contributed by atoms with Crippen LogP contribution in [0.3, 0.4) is 0 Å². The second-order valence-electron chi connectivity index (χ2n) is 5.71. The maximum Gasteiger partial charge on any atom is 0.278 e. The van der Waals surface area contributed by atoms with Crippen molar-refractivity contribution in [3.63, 3.8) is 0 Å². The normalized spacial score (nSPS) is 10.9. The van der Waals surface area contributed by atoms with E-state index in [0.29, 0.717) is 0 Å². The van der Waals surface area contributed by atoms with Crippen molar-refractivity contribution in [2.75, 3.05) is 5.32 Å². The van der Waals surface area contributed by atoms with Crippen molar-refractivity contribution in [2.45, 2.75) is 13.5 Å². The lowest BCUT2D eigenvalue weighted by atomic mass is 10.2. The fourth-order valence-electron chi connectivity index (χ4n) is 2.31. The van der Waals surface area contributed by atoms with Crippen molar-refractivity contribution in [1.82, 2.24) is 5.16 Å². The minimum absolute atomic E-state index is 0.0516. The summed E-state index contributed by atoms with van der Waals surface area (Å²) in [7, 11) is 0. The smallest absolute Gasteiger partial charge is 0.278 e. The molecule has 1 amide bonds. The van der Waals surface area contributed by atoms with Crippen LogP contribution in [0.2, 0.25) is 0 Å². The summed E-state index contributed by atoms with van der Waals surface area (Å²) < 4.78 is 90.3. The van der Waals surface area contributed by atoms with E-state index in [1.54, 1.807) is 5.32 Å². The number of amides is 1. The zero-order valence-corrected chi connectivity index (χ0v) is 14.5. The van der Waals surface area contributed by atoms with Crippen LogP contribution >= 0.6 is 0 Å². The van der Waals surface area contributed by atoms with Gasteiger partial charge < -0.3 is 14.6 Å². The van der Waals surface area contributed by atoms with E-state index in [-0.39, 0.29) is 23.7 Å². The van der Waals surface area contributed by atoms with Crippen molar-refractivity contribution >= 4 is 11.6 Å². The van der Waals surface area contributed by atoms with Gasteiger partial charge in [0.05, 0.1) is 5.56 Å². The number of hydrogen-bond donors (Lipinski definition) is 1. The molecule has 11 heteroatoms. The number of hydrogen-bond acceptors (Lipinski definition) is 4. The van der Waals surface area contributed by atoms with Gasteiger partial charge in [-0.1, -0.05) is 5.16 Å².